The summed E-state index contributed by atoms with van der Waals surface area (Å²) >= 11 is 0. The maximum Gasteiger partial charge on any atom is 0.0196 e. The number of nitrogens with zero attached hydrogens (tertiary/aromatic N) is 1. The van der Waals surface area contributed by atoms with E-state index in [1.807, 2.05) is 0 Å². The van der Waals surface area contributed by atoms with Crippen LogP contribution in [-0.4, -0.2) is 30.1 Å². The molecule has 0 bridgehead atoms. The number of rotatable bonds is 3. The van der Waals surface area contributed by atoms with E-state index in [-0.39, 0.29) is 0 Å². The third-order valence-corrected chi connectivity index (χ3v) is 3.61. The van der Waals surface area contributed by atoms with Gasteiger partial charge in [-0.05, 0) is 45.1 Å². The molecule has 13 heavy (non-hydrogen) atoms. The third kappa shape index (κ3) is 2.44. The van der Waals surface area contributed by atoms with E-state index in [9.17, 15) is 0 Å². The Hall–Kier alpha value is -0.0800. The lowest BCUT2D eigenvalue weighted by Gasteiger charge is -2.35. The van der Waals surface area contributed by atoms with Crippen molar-refractivity contribution in [2.45, 2.75) is 51.1 Å². The fraction of sp³-hybridized carbons (Fsp3) is 1.00. The van der Waals surface area contributed by atoms with Crippen molar-refractivity contribution in [1.29, 1.82) is 0 Å². The lowest BCUT2D eigenvalue weighted by molar-refractivity contribution is 0.147. The van der Waals surface area contributed by atoms with E-state index in [1.165, 1.54) is 38.6 Å². The van der Waals surface area contributed by atoms with Gasteiger partial charge < -0.3 is 5.73 Å². The number of nitrogens with two attached hydrogens (primary N) is 1. The number of hydrogen-bond donors (Lipinski definition) is 1. The Morgan fingerprint density at radius 2 is 2.08 bits per heavy atom. The molecular formula is C11H22N2. The van der Waals surface area contributed by atoms with Gasteiger partial charge in [-0.3, -0.25) is 4.90 Å². The van der Waals surface area contributed by atoms with Crippen molar-refractivity contribution in [3.8, 4) is 0 Å². The molecule has 0 amide bonds. The first-order valence-corrected chi connectivity index (χ1v) is 5.77. The van der Waals surface area contributed by atoms with E-state index in [4.69, 9.17) is 5.73 Å². The topological polar surface area (TPSA) is 29.3 Å². The molecule has 2 heteroatoms. The van der Waals surface area contributed by atoms with Gasteiger partial charge in [0.05, 0.1) is 0 Å². The molecule has 2 rings (SSSR count). The quantitative estimate of drug-likeness (QED) is 0.718. The van der Waals surface area contributed by atoms with Crippen molar-refractivity contribution in [3.63, 3.8) is 0 Å². The summed E-state index contributed by atoms with van der Waals surface area (Å²) in [4.78, 5) is 2.59. The van der Waals surface area contributed by atoms with Crippen molar-refractivity contribution >= 4 is 0 Å². The highest BCUT2D eigenvalue weighted by molar-refractivity contribution is 4.87. The molecule has 1 saturated carbocycles. The molecule has 2 nitrogen and oxygen atoms in total. The van der Waals surface area contributed by atoms with Crippen LogP contribution in [0.25, 0.3) is 0 Å². The smallest absolute Gasteiger partial charge is 0.0196 e. The molecule has 2 atom stereocenters. The standard InChI is InChI=1S/C11H22N2/c1-9-4-2-3-7-13(9)8-11(12)10-5-6-10/h9-11H,2-8,12H2,1H3. The largest absolute Gasteiger partial charge is 0.326 e. The second-order valence-electron chi connectivity index (χ2n) is 4.84. The van der Waals surface area contributed by atoms with Crippen molar-refractivity contribution in [1.82, 2.24) is 4.90 Å². The molecule has 1 heterocycles. The van der Waals surface area contributed by atoms with Gasteiger partial charge in [-0.15, -0.1) is 0 Å². The lowest BCUT2D eigenvalue weighted by atomic mass is 10.0. The zero-order chi connectivity index (χ0) is 9.26. The van der Waals surface area contributed by atoms with Crippen molar-refractivity contribution in [2.24, 2.45) is 11.7 Å². The summed E-state index contributed by atoms with van der Waals surface area (Å²) in [6.45, 7) is 4.77. The van der Waals surface area contributed by atoms with Gasteiger partial charge in [-0.25, -0.2) is 0 Å². The van der Waals surface area contributed by atoms with Gasteiger partial charge in [-0.2, -0.15) is 0 Å². The molecule has 0 aromatic heterocycles. The second kappa shape index (κ2) is 3.97. The van der Waals surface area contributed by atoms with E-state index >= 15 is 0 Å². The Bertz CT molecular complexity index is 165. The van der Waals surface area contributed by atoms with Crippen molar-refractivity contribution < 1.29 is 0 Å². The van der Waals surface area contributed by atoms with Gasteiger partial charge >= 0.3 is 0 Å². The highest BCUT2D eigenvalue weighted by atomic mass is 15.2. The summed E-state index contributed by atoms with van der Waals surface area (Å²) < 4.78 is 0. The maximum atomic E-state index is 6.13. The summed E-state index contributed by atoms with van der Waals surface area (Å²) in [5.41, 5.74) is 6.13. The predicted molar refractivity (Wildman–Crippen MR) is 55.6 cm³/mol. The van der Waals surface area contributed by atoms with Crippen molar-refractivity contribution in [3.05, 3.63) is 0 Å². The molecule has 1 aliphatic carbocycles. The average molecular weight is 182 g/mol. The number of likely N-dealkylation sites (tertiary alicyclic amines) is 1. The predicted octanol–water partition coefficient (Wildman–Crippen LogP) is 1.60. The first-order valence-electron chi connectivity index (χ1n) is 5.77. The van der Waals surface area contributed by atoms with Crippen LogP contribution in [0.2, 0.25) is 0 Å². The lowest BCUT2D eigenvalue weighted by Crippen LogP contribution is -2.45. The van der Waals surface area contributed by atoms with Crippen LogP contribution < -0.4 is 5.73 Å². The first kappa shape index (κ1) is 9.47. The Kier molecular flexibility index (Phi) is 2.89. The molecular weight excluding hydrogens is 160 g/mol. The zero-order valence-corrected chi connectivity index (χ0v) is 8.71. The Morgan fingerprint density at radius 1 is 1.31 bits per heavy atom. The fourth-order valence-electron chi connectivity index (χ4n) is 2.37. The van der Waals surface area contributed by atoms with Crippen LogP contribution >= 0.6 is 0 Å². The molecule has 2 aliphatic rings. The minimum atomic E-state index is 0.459. The molecule has 0 aromatic carbocycles. The monoisotopic (exact) mass is 182 g/mol. The molecule has 0 aromatic rings. The Morgan fingerprint density at radius 3 is 2.69 bits per heavy atom. The van der Waals surface area contributed by atoms with Crippen LogP contribution in [0.4, 0.5) is 0 Å². The summed E-state index contributed by atoms with van der Waals surface area (Å²) in [7, 11) is 0. The molecule has 1 aliphatic heterocycles. The minimum Gasteiger partial charge on any atom is -0.326 e. The molecule has 2 fully saturated rings. The molecule has 1 saturated heterocycles. The van der Waals surface area contributed by atoms with Crippen LogP contribution in [0.3, 0.4) is 0 Å². The van der Waals surface area contributed by atoms with Crippen LogP contribution in [0, 0.1) is 5.92 Å². The van der Waals surface area contributed by atoms with E-state index in [1.54, 1.807) is 0 Å². The summed E-state index contributed by atoms with van der Waals surface area (Å²) in [5, 5.41) is 0. The normalized spacial score (nSPS) is 33.2. The molecule has 2 N–H and O–H groups in total. The van der Waals surface area contributed by atoms with E-state index < -0.39 is 0 Å². The summed E-state index contributed by atoms with van der Waals surface area (Å²) in [6.07, 6.45) is 6.92. The summed E-state index contributed by atoms with van der Waals surface area (Å²) in [6, 6.07) is 1.24. The van der Waals surface area contributed by atoms with Crippen LogP contribution in [0.1, 0.15) is 39.0 Å². The minimum absolute atomic E-state index is 0.459. The van der Waals surface area contributed by atoms with Gasteiger partial charge in [-0.1, -0.05) is 6.42 Å². The van der Waals surface area contributed by atoms with Gasteiger partial charge in [0, 0.05) is 18.6 Å². The van der Waals surface area contributed by atoms with Gasteiger partial charge in [0.25, 0.3) is 0 Å². The Balaban J connectivity index is 1.77. The van der Waals surface area contributed by atoms with Crippen LogP contribution in [0.15, 0.2) is 0 Å². The second-order valence-corrected chi connectivity index (χ2v) is 4.84. The van der Waals surface area contributed by atoms with Crippen LogP contribution in [0.5, 0.6) is 0 Å². The molecule has 76 valence electrons. The Labute approximate surface area is 81.5 Å². The fourth-order valence-corrected chi connectivity index (χ4v) is 2.37. The molecule has 2 unspecified atom stereocenters. The maximum absolute atomic E-state index is 6.13. The van der Waals surface area contributed by atoms with E-state index in [2.05, 4.69) is 11.8 Å². The van der Waals surface area contributed by atoms with Crippen LogP contribution in [-0.2, 0) is 0 Å². The number of hydrogen-bond acceptors (Lipinski definition) is 2. The zero-order valence-electron chi connectivity index (χ0n) is 8.71. The van der Waals surface area contributed by atoms with Gasteiger partial charge in [0.15, 0.2) is 0 Å². The first-order chi connectivity index (χ1) is 6.27. The van der Waals surface area contributed by atoms with E-state index in [0.29, 0.717) is 6.04 Å². The molecule has 0 spiro atoms. The van der Waals surface area contributed by atoms with Crippen molar-refractivity contribution in [2.75, 3.05) is 13.1 Å². The molecule has 0 radical (unpaired) electrons. The van der Waals surface area contributed by atoms with Gasteiger partial charge in [0.1, 0.15) is 0 Å². The highest BCUT2D eigenvalue weighted by Gasteiger charge is 2.31. The highest BCUT2D eigenvalue weighted by Crippen LogP contribution is 2.32. The van der Waals surface area contributed by atoms with E-state index in [0.717, 1.165) is 18.5 Å². The third-order valence-electron chi connectivity index (χ3n) is 3.61. The average Bonchev–Trinajstić information content (AvgIpc) is 2.91. The summed E-state index contributed by atoms with van der Waals surface area (Å²) in [5.74, 6) is 0.856. The SMILES string of the molecule is CC1CCCCN1CC(N)C1CC1. The van der Waals surface area contributed by atoms with Gasteiger partial charge in [0.2, 0.25) is 0 Å². The number of piperidine rings is 1.